The highest BCUT2D eigenvalue weighted by Gasteiger charge is 2.14. The molecule has 0 aliphatic carbocycles. The van der Waals surface area contributed by atoms with E-state index in [0.717, 1.165) is 29.8 Å². The van der Waals surface area contributed by atoms with Crippen molar-refractivity contribution in [3.63, 3.8) is 0 Å². The maximum atomic E-state index is 13.2. The molecule has 0 aliphatic rings. The lowest BCUT2D eigenvalue weighted by Gasteiger charge is -2.20. The third-order valence-corrected chi connectivity index (χ3v) is 3.51. The van der Waals surface area contributed by atoms with Crippen LogP contribution in [0.15, 0.2) is 42.5 Å². The van der Waals surface area contributed by atoms with Crippen LogP contribution in [0.1, 0.15) is 37.4 Å². The number of para-hydroxylation sites is 1. The normalized spacial score (nSPS) is 12.2. The molecule has 112 valence electrons. The quantitative estimate of drug-likeness (QED) is 0.808. The smallest absolute Gasteiger partial charge is 0.132 e. The molecule has 0 saturated carbocycles. The second-order valence-corrected chi connectivity index (χ2v) is 5.07. The molecule has 2 aromatic rings. The fourth-order valence-corrected chi connectivity index (χ4v) is 2.43. The van der Waals surface area contributed by atoms with E-state index in [2.05, 4.69) is 25.2 Å². The highest BCUT2D eigenvalue weighted by molar-refractivity contribution is 5.42. The highest BCUT2D eigenvalue weighted by Crippen LogP contribution is 2.32. The molecular weight excluding hydrogens is 265 g/mol. The van der Waals surface area contributed by atoms with Gasteiger partial charge in [-0.1, -0.05) is 32.0 Å². The molecule has 2 nitrogen and oxygen atoms in total. The number of hydrogen-bond acceptors (Lipinski definition) is 2. The lowest BCUT2D eigenvalue weighted by Crippen LogP contribution is -2.20. The molecule has 0 fully saturated rings. The zero-order chi connectivity index (χ0) is 15.2. The zero-order valence-electron chi connectivity index (χ0n) is 12.8. The van der Waals surface area contributed by atoms with E-state index < -0.39 is 0 Å². The average Bonchev–Trinajstić information content (AvgIpc) is 2.48. The van der Waals surface area contributed by atoms with Crippen molar-refractivity contribution < 1.29 is 9.13 Å². The SMILES string of the molecule is CCNC(CC)c1ccccc1Oc1ccc(F)cc1C. The van der Waals surface area contributed by atoms with Gasteiger partial charge in [0.25, 0.3) is 0 Å². The summed E-state index contributed by atoms with van der Waals surface area (Å²) in [6.07, 6.45) is 0.983. The first-order valence-electron chi connectivity index (χ1n) is 7.42. The summed E-state index contributed by atoms with van der Waals surface area (Å²) < 4.78 is 19.2. The summed E-state index contributed by atoms with van der Waals surface area (Å²) in [6, 6.07) is 12.8. The molecule has 0 heterocycles. The second-order valence-electron chi connectivity index (χ2n) is 5.07. The Hall–Kier alpha value is -1.87. The Morgan fingerprint density at radius 2 is 1.86 bits per heavy atom. The molecule has 0 amide bonds. The second kappa shape index (κ2) is 7.23. The Labute approximate surface area is 126 Å². The van der Waals surface area contributed by atoms with Crippen molar-refractivity contribution in [2.75, 3.05) is 6.54 Å². The van der Waals surface area contributed by atoms with Gasteiger partial charge in [0.2, 0.25) is 0 Å². The molecule has 1 unspecified atom stereocenters. The summed E-state index contributed by atoms with van der Waals surface area (Å²) in [6.45, 7) is 6.99. The Kier molecular flexibility index (Phi) is 5.34. The van der Waals surface area contributed by atoms with Crippen LogP contribution in [0.3, 0.4) is 0 Å². The molecule has 2 aromatic carbocycles. The number of halogens is 1. The van der Waals surface area contributed by atoms with E-state index in [0.29, 0.717) is 5.75 Å². The molecule has 0 saturated heterocycles. The van der Waals surface area contributed by atoms with E-state index in [4.69, 9.17) is 4.74 Å². The molecule has 0 spiro atoms. The van der Waals surface area contributed by atoms with Crippen molar-refractivity contribution in [3.05, 3.63) is 59.4 Å². The highest BCUT2D eigenvalue weighted by atomic mass is 19.1. The predicted octanol–water partition coefficient (Wildman–Crippen LogP) is 4.99. The molecule has 21 heavy (non-hydrogen) atoms. The maximum Gasteiger partial charge on any atom is 0.132 e. The van der Waals surface area contributed by atoms with E-state index in [1.807, 2.05) is 25.1 Å². The summed E-state index contributed by atoms with van der Waals surface area (Å²) in [7, 11) is 0. The Morgan fingerprint density at radius 3 is 2.52 bits per heavy atom. The van der Waals surface area contributed by atoms with Gasteiger partial charge in [-0.05, 0) is 49.7 Å². The van der Waals surface area contributed by atoms with Crippen molar-refractivity contribution in [2.24, 2.45) is 0 Å². The summed E-state index contributed by atoms with van der Waals surface area (Å²) >= 11 is 0. The minimum Gasteiger partial charge on any atom is -0.457 e. The fourth-order valence-electron chi connectivity index (χ4n) is 2.43. The fraction of sp³-hybridized carbons (Fsp3) is 0.333. The molecular formula is C18H22FNO. The van der Waals surface area contributed by atoms with Crippen LogP contribution in [0.4, 0.5) is 4.39 Å². The summed E-state index contributed by atoms with van der Waals surface area (Å²) in [5, 5.41) is 3.46. The van der Waals surface area contributed by atoms with Gasteiger partial charge in [0.1, 0.15) is 17.3 Å². The molecule has 3 heteroatoms. The van der Waals surface area contributed by atoms with Gasteiger partial charge in [-0.25, -0.2) is 4.39 Å². The van der Waals surface area contributed by atoms with Crippen LogP contribution in [0, 0.1) is 12.7 Å². The van der Waals surface area contributed by atoms with Crippen LogP contribution in [0.2, 0.25) is 0 Å². The van der Waals surface area contributed by atoms with Crippen LogP contribution in [-0.2, 0) is 0 Å². The number of rotatable bonds is 6. The van der Waals surface area contributed by atoms with Crippen LogP contribution in [0.5, 0.6) is 11.5 Å². The van der Waals surface area contributed by atoms with Gasteiger partial charge >= 0.3 is 0 Å². The summed E-state index contributed by atoms with van der Waals surface area (Å²) in [5.41, 5.74) is 1.92. The maximum absolute atomic E-state index is 13.2. The Morgan fingerprint density at radius 1 is 1.10 bits per heavy atom. The van der Waals surface area contributed by atoms with E-state index in [1.54, 1.807) is 6.07 Å². The minimum atomic E-state index is -0.243. The number of ether oxygens (including phenoxy) is 1. The standard InChI is InChI=1S/C18H22FNO/c1-4-16(20-5-2)15-8-6-7-9-18(15)21-17-11-10-14(19)12-13(17)3/h6-12,16,20H,4-5H2,1-3H3. The number of nitrogens with one attached hydrogen (secondary N) is 1. The third-order valence-electron chi connectivity index (χ3n) is 3.51. The lowest BCUT2D eigenvalue weighted by atomic mass is 10.0. The molecule has 2 rings (SSSR count). The molecule has 1 N–H and O–H groups in total. The van der Waals surface area contributed by atoms with Gasteiger partial charge in [-0.15, -0.1) is 0 Å². The molecule has 1 atom stereocenters. The van der Waals surface area contributed by atoms with Crippen molar-refractivity contribution >= 4 is 0 Å². The summed E-state index contributed by atoms with van der Waals surface area (Å²) in [5.74, 6) is 1.27. The third kappa shape index (κ3) is 3.82. The van der Waals surface area contributed by atoms with Gasteiger partial charge in [-0.3, -0.25) is 0 Å². The Bertz CT molecular complexity index is 598. The number of benzene rings is 2. The van der Waals surface area contributed by atoms with Crippen molar-refractivity contribution in [2.45, 2.75) is 33.2 Å². The van der Waals surface area contributed by atoms with E-state index in [-0.39, 0.29) is 11.9 Å². The van der Waals surface area contributed by atoms with Gasteiger partial charge in [0.05, 0.1) is 0 Å². The summed E-state index contributed by atoms with van der Waals surface area (Å²) in [4.78, 5) is 0. The predicted molar refractivity (Wildman–Crippen MR) is 84.4 cm³/mol. The number of aryl methyl sites for hydroxylation is 1. The van der Waals surface area contributed by atoms with Gasteiger partial charge in [0, 0.05) is 11.6 Å². The van der Waals surface area contributed by atoms with Crippen LogP contribution >= 0.6 is 0 Å². The van der Waals surface area contributed by atoms with Gasteiger partial charge in [-0.2, -0.15) is 0 Å². The molecule has 0 aliphatic heterocycles. The Balaban J connectivity index is 2.31. The number of hydrogen-bond donors (Lipinski definition) is 1. The van der Waals surface area contributed by atoms with Crippen molar-refractivity contribution in [1.29, 1.82) is 0 Å². The van der Waals surface area contributed by atoms with Gasteiger partial charge in [0.15, 0.2) is 0 Å². The lowest BCUT2D eigenvalue weighted by molar-refractivity contribution is 0.449. The zero-order valence-corrected chi connectivity index (χ0v) is 12.8. The average molecular weight is 287 g/mol. The monoisotopic (exact) mass is 287 g/mol. The van der Waals surface area contributed by atoms with E-state index in [1.165, 1.54) is 12.1 Å². The van der Waals surface area contributed by atoms with Crippen LogP contribution < -0.4 is 10.1 Å². The molecule has 0 radical (unpaired) electrons. The van der Waals surface area contributed by atoms with Crippen LogP contribution in [0.25, 0.3) is 0 Å². The van der Waals surface area contributed by atoms with Crippen LogP contribution in [-0.4, -0.2) is 6.54 Å². The molecule has 0 aromatic heterocycles. The van der Waals surface area contributed by atoms with E-state index in [9.17, 15) is 4.39 Å². The largest absolute Gasteiger partial charge is 0.457 e. The van der Waals surface area contributed by atoms with E-state index >= 15 is 0 Å². The van der Waals surface area contributed by atoms with Gasteiger partial charge < -0.3 is 10.1 Å². The first-order valence-corrected chi connectivity index (χ1v) is 7.42. The first-order chi connectivity index (χ1) is 10.2. The van der Waals surface area contributed by atoms with Crippen molar-refractivity contribution in [1.82, 2.24) is 5.32 Å². The molecule has 0 bridgehead atoms. The minimum absolute atomic E-state index is 0.243. The first kappa shape index (κ1) is 15.5. The topological polar surface area (TPSA) is 21.3 Å². The van der Waals surface area contributed by atoms with Crippen molar-refractivity contribution in [3.8, 4) is 11.5 Å².